The second-order valence-electron chi connectivity index (χ2n) is 6.53. The maximum absolute atomic E-state index is 10.9. The summed E-state index contributed by atoms with van der Waals surface area (Å²) < 4.78 is 5.95. The Balaban J connectivity index is 1.82. The molecular formula is C19H29NO3. The molecule has 128 valence electrons. The normalized spacial score (nSPS) is 17.3. The Labute approximate surface area is 139 Å². The summed E-state index contributed by atoms with van der Waals surface area (Å²) in [6, 6.07) is 7.67. The summed E-state index contributed by atoms with van der Waals surface area (Å²) in [6.07, 6.45) is 7.79. The zero-order valence-electron chi connectivity index (χ0n) is 14.1. The smallest absolute Gasteiger partial charge is 0.216 e. The summed E-state index contributed by atoms with van der Waals surface area (Å²) in [7, 11) is 0. The van der Waals surface area contributed by atoms with E-state index in [1.54, 1.807) is 0 Å². The molecule has 0 aromatic heterocycles. The summed E-state index contributed by atoms with van der Waals surface area (Å²) in [6.45, 7) is 2.73. The van der Waals surface area contributed by atoms with E-state index >= 15 is 0 Å². The van der Waals surface area contributed by atoms with Crippen molar-refractivity contribution in [3.05, 3.63) is 29.8 Å². The molecule has 1 unspecified atom stereocenters. The van der Waals surface area contributed by atoms with Crippen LogP contribution in [0.4, 0.5) is 0 Å². The number of aliphatic hydroxyl groups excluding tert-OH is 1. The lowest BCUT2D eigenvalue weighted by Gasteiger charge is -2.17. The standard InChI is InChI=1S/C19H29NO3/c1-15(21)20-12-11-19(22)17-9-6-10-18(13-17)23-14-16-7-4-2-3-5-8-16/h6,9-10,13,16,19,22H,2-5,7-8,11-12,14H2,1H3,(H,20,21). The number of carbonyl (C=O) groups excluding carboxylic acids is 1. The molecule has 0 heterocycles. The first-order valence-electron chi connectivity index (χ1n) is 8.80. The summed E-state index contributed by atoms with van der Waals surface area (Å²) in [5.74, 6) is 1.41. The van der Waals surface area contributed by atoms with Gasteiger partial charge in [0.1, 0.15) is 5.75 Å². The van der Waals surface area contributed by atoms with Gasteiger partial charge in [-0.05, 0) is 42.9 Å². The minimum absolute atomic E-state index is 0.0716. The zero-order chi connectivity index (χ0) is 16.5. The lowest BCUT2D eigenvalue weighted by molar-refractivity contribution is -0.119. The number of carbonyl (C=O) groups is 1. The highest BCUT2D eigenvalue weighted by Crippen LogP contribution is 2.25. The van der Waals surface area contributed by atoms with Gasteiger partial charge in [0.15, 0.2) is 0 Å². The third-order valence-corrected chi connectivity index (χ3v) is 4.50. The monoisotopic (exact) mass is 319 g/mol. The number of amides is 1. The van der Waals surface area contributed by atoms with Crippen LogP contribution in [-0.4, -0.2) is 24.2 Å². The van der Waals surface area contributed by atoms with Gasteiger partial charge < -0.3 is 15.2 Å². The van der Waals surface area contributed by atoms with Gasteiger partial charge in [0.2, 0.25) is 5.91 Å². The van der Waals surface area contributed by atoms with Crippen molar-refractivity contribution in [3.63, 3.8) is 0 Å². The molecule has 23 heavy (non-hydrogen) atoms. The molecule has 1 aliphatic carbocycles. The van der Waals surface area contributed by atoms with Crippen LogP contribution >= 0.6 is 0 Å². The molecule has 1 aromatic rings. The molecule has 1 amide bonds. The minimum atomic E-state index is -0.580. The van der Waals surface area contributed by atoms with Gasteiger partial charge in [-0.15, -0.1) is 0 Å². The second kappa shape index (κ2) is 9.56. The summed E-state index contributed by atoms with van der Waals surface area (Å²) in [5, 5.41) is 12.9. The average Bonchev–Trinajstić information content (AvgIpc) is 2.81. The van der Waals surface area contributed by atoms with Crippen LogP contribution in [0.2, 0.25) is 0 Å². The predicted octanol–water partition coefficient (Wildman–Crippen LogP) is 3.60. The van der Waals surface area contributed by atoms with Gasteiger partial charge in [-0.25, -0.2) is 0 Å². The molecule has 4 nitrogen and oxygen atoms in total. The van der Waals surface area contributed by atoms with Crippen molar-refractivity contribution in [3.8, 4) is 5.75 Å². The molecule has 1 saturated carbocycles. The van der Waals surface area contributed by atoms with Crippen LogP contribution in [0.15, 0.2) is 24.3 Å². The van der Waals surface area contributed by atoms with Gasteiger partial charge in [0.25, 0.3) is 0 Å². The maximum Gasteiger partial charge on any atom is 0.216 e. The molecule has 0 radical (unpaired) electrons. The Hall–Kier alpha value is -1.55. The van der Waals surface area contributed by atoms with E-state index in [0.717, 1.165) is 17.9 Å². The Morgan fingerprint density at radius 3 is 2.74 bits per heavy atom. The van der Waals surface area contributed by atoms with Gasteiger partial charge >= 0.3 is 0 Å². The van der Waals surface area contributed by atoms with E-state index in [4.69, 9.17) is 4.74 Å². The predicted molar refractivity (Wildman–Crippen MR) is 91.4 cm³/mol. The van der Waals surface area contributed by atoms with Crippen LogP contribution < -0.4 is 10.1 Å². The second-order valence-corrected chi connectivity index (χ2v) is 6.53. The van der Waals surface area contributed by atoms with Crippen molar-refractivity contribution < 1.29 is 14.6 Å². The van der Waals surface area contributed by atoms with Gasteiger partial charge in [-0.3, -0.25) is 4.79 Å². The van der Waals surface area contributed by atoms with Crippen molar-refractivity contribution in [1.29, 1.82) is 0 Å². The highest BCUT2D eigenvalue weighted by molar-refractivity contribution is 5.72. The van der Waals surface area contributed by atoms with Crippen LogP contribution in [0, 0.1) is 5.92 Å². The molecule has 0 spiro atoms. The van der Waals surface area contributed by atoms with E-state index < -0.39 is 6.10 Å². The quantitative estimate of drug-likeness (QED) is 0.755. The average molecular weight is 319 g/mol. The van der Waals surface area contributed by atoms with Crippen LogP contribution in [0.1, 0.15) is 63.5 Å². The highest BCUT2D eigenvalue weighted by Gasteiger charge is 2.14. The number of hydrogen-bond donors (Lipinski definition) is 2. The Morgan fingerprint density at radius 2 is 2.04 bits per heavy atom. The molecular weight excluding hydrogens is 290 g/mol. The van der Waals surface area contributed by atoms with E-state index in [2.05, 4.69) is 5.32 Å². The molecule has 1 atom stereocenters. The first-order chi connectivity index (χ1) is 11.1. The molecule has 4 heteroatoms. The van der Waals surface area contributed by atoms with Crippen LogP contribution in [0.25, 0.3) is 0 Å². The number of aliphatic hydroxyl groups is 1. The van der Waals surface area contributed by atoms with E-state index in [-0.39, 0.29) is 5.91 Å². The van der Waals surface area contributed by atoms with Crippen molar-refractivity contribution >= 4 is 5.91 Å². The summed E-state index contributed by atoms with van der Waals surface area (Å²) >= 11 is 0. The largest absolute Gasteiger partial charge is 0.493 e. The fourth-order valence-corrected chi connectivity index (χ4v) is 3.11. The lowest BCUT2D eigenvalue weighted by Crippen LogP contribution is -2.22. The molecule has 0 saturated heterocycles. The third kappa shape index (κ3) is 6.61. The van der Waals surface area contributed by atoms with Gasteiger partial charge in [-0.1, -0.05) is 37.8 Å². The van der Waals surface area contributed by atoms with Gasteiger partial charge in [-0.2, -0.15) is 0 Å². The Bertz CT molecular complexity index is 481. The van der Waals surface area contributed by atoms with Crippen LogP contribution in [0.3, 0.4) is 0 Å². The van der Waals surface area contributed by atoms with E-state index in [0.29, 0.717) is 18.9 Å². The van der Waals surface area contributed by atoms with E-state index in [1.165, 1.54) is 45.4 Å². The zero-order valence-corrected chi connectivity index (χ0v) is 14.1. The molecule has 0 bridgehead atoms. The number of nitrogens with one attached hydrogen (secondary N) is 1. The van der Waals surface area contributed by atoms with Crippen LogP contribution in [-0.2, 0) is 4.79 Å². The topological polar surface area (TPSA) is 58.6 Å². The SMILES string of the molecule is CC(=O)NCCC(O)c1cccc(OCC2CCCCCC2)c1. The molecule has 1 fully saturated rings. The minimum Gasteiger partial charge on any atom is -0.493 e. The van der Waals surface area contributed by atoms with Gasteiger partial charge in [0, 0.05) is 13.5 Å². The first kappa shape index (κ1) is 17.8. The summed E-state index contributed by atoms with van der Waals surface area (Å²) in [4.78, 5) is 10.9. The summed E-state index contributed by atoms with van der Waals surface area (Å²) in [5.41, 5.74) is 0.841. The molecule has 2 rings (SSSR count). The lowest BCUT2D eigenvalue weighted by atomic mass is 10.0. The molecule has 1 aliphatic rings. The molecule has 2 N–H and O–H groups in total. The van der Waals surface area contributed by atoms with Crippen molar-refractivity contribution in [2.24, 2.45) is 5.92 Å². The molecule has 0 aliphatic heterocycles. The maximum atomic E-state index is 10.9. The number of benzene rings is 1. The fraction of sp³-hybridized carbons (Fsp3) is 0.632. The van der Waals surface area contributed by atoms with Crippen molar-refractivity contribution in [2.75, 3.05) is 13.2 Å². The number of ether oxygens (including phenoxy) is 1. The van der Waals surface area contributed by atoms with E-state index in [9.17, 15) is 9.90 Å². The molecule has 1 aromatic carbocycles. The highest BCUT2D eigenvalue weighted by atomic mass is 16.5. The number of hydrogen-bond acceptors (Lipinski definition) is 3. The number of rotatable bonds is 7. The van der Waals surface area contributed by atoms with Crippen LogP contribution in [0.5, 0.6) is 5.75 Å². The first-order valence-corrected chi connectivity index (χ1v) is 8.80. The fourth-order valence-electron chi connectivity index (χ4n) is 3.11. The Morgan fingerprint density at radius 1 is 1.30 bits per heavy atom. The van der Waals surface area contributed by atoms with Crippen molar-refractivity contribution in [2.45, 2.75) is 58.0 Å². The Kier molecular flexibility index (Phi) is 7.40. The van der Waals surface area contributed by atoms with Gasteiger partial charge in [0.05, 0.1) is 12.7 Å². The van der Waals surface area contributed by atoms with Crippen molar-refractivity contribution in [1.82, 2.24) is 5.32 Å². The third-order valence-electron chi connectivity index (χ3n) is 4.50. The van der Waals surface area contributed by atoms with E-state index in [1.807, 2.05) is 24.3 Å².